The maximum absolute atomic E-state index is 15.0. The highest BCUT2D eigenvalue weighted by molar-refractivity contribution is 6.30. The third-order valence-corrected chi connectivity index (χ3v) is 6.21. The van der Waals surface area contributed by atoms with Gasteiger partial charge in [-0.3, -0.25) is 4.98 Å². The molecule has 0 radical (unpaired) electrons. The monoisotopic (exact) mass is 497 g/mol. The predicted molar refractivity (Wildman–Crippen MR) is 126 cm³/mol. The van der Waals surface area contributed by atoms with Crippen LogP contribution in [0.4, 0.5) is 17.6 Å². The van der Waals surface area contributed by atoms with Crippen molar-refractivity contribution in [3.63, 3.8) is 0 Å². The number of hydrogen-bond donors (Lipinski definition) is 1. The summed E-state index contributed by atoms with van der Waals surface area (Å²) < 4.78 is 59.7. The van der Waals surface area contributed by atoms with Crippen molar-refractivity contribution in [1.29, 1.82) is 0 Å². The van der Waals surface area contributed by atoms with Crippen LogP contribution in [0.1, 0.15) is 17.5 Å². The Morgan fingerprint density at radius 1 is 1.03 bits per heavy atom. The minimum absolute atomic E-state index is 0.0295. The van der Waals surface area contributed by atoms with Crippen LogP contribution < -0.4 is 5.73 Å². The fourth-order valence-corrected chi connectivity index (χ4v) is 4.38. The molecule has 4 heterocycles. The molecule has 1 atom stereocenters. The molecule has 2 N–H and O–H groups in total. The summed E-state index contributed by atoms with van der Waals surface area (Å²) in [6.07, 6.45) is -0.171. The van der Waals surface area contributed by atoms with Crippen LogP contribution in [0.25, 0.3) is 27.9 Å². The minimum atomic E-state index is -4.79. The van der Waals surface area contributed by atoms with Crippen molar-refractivity contribution < 1.29 is 17.6 Å². The molecule has 1 unspecified atom stereocenters. The summed E-state index contributed by atoms with van der Waals surface area (Å²) in [5.74, 6) is -0.711. The van der Waals surface area contributed by atoms with Gasteiger partial charge < -0.3 is 5.73 Å². The van der Waals surface area contributed by atoms with Crippen LogP contribution in [0.5, 0.6) is 0 Å². The van der Waals surface area contributed by atoms with E-state index in [-0.39, 0.29) is 44.3 Å². The van der Waals surface area contributed by atoms with Crippen LogP contribution in [-0.2, 0) is 5.41 Å². The number of aliphatic imine (C=N–C) groups is 1. The van der Waals surface area contributed by atoms with Gasteiger partial charge in [0.05, 0.1) is 5.69 Å². The van der Waals surface area contributed by atoms with E-state index in [1.807, 2.05) is 0 Å². The van der Waals surface area contributed by atoms with Crippen molar-refractivity contribution in [2.75, 3.05) is 0 Å². The van der Waals surface area contributed by atoms with Crippen LogP contribution in [-0.4, -0.2) is 27.3 Å². The van der Waals surface area contributed by atoms with E-state index in [1.54, 1.807) is 12.1 Å². The number of halogens is 5. The topological polar surface area (TPSA) is 77.0 Å². The van der Waals surface area contributed by atoms with Gasteiger partial charge in [0.2, 0.25) is 0 Å². The molecule has 176 valence electrons. The van der Waals surface area contributed by atoms with E-state index >= 15 is 0 Å². The van der Waals surface area contributed by atoms with Crippen LogP contribution in [0, 0.1) is 5.82 Å². The first-order valence-corrected chi connectivity index (χ1v) is 10.8. The smallest absolute Gasteiger partial charge is 0.383 e. The number of allylic oxidation sites excluding steroid dienone is 1. The van der Waals surface area contributed by atoms with Gasteiger partial charge in [0, 0.05) is 52.8 Å². The molecule has 0 bridgehead atoms. The fraction of sp³-hybridized carbons (Fsp3) is 0.120. The molecule has 0 amide bonds. The summed E-state index contributed by atoms with van der Waals surface area (Å²) in [4.78, 5) is 16.5. The lowest BCUT2D eigenvalue weighted by atomic mass is 9.72. The zero-order valence-corrected chi connectivity index (χ0v) is 18.6. The number of alkyl halides is 3. The van der Waals surface area contributed by atoms with E-state index in [9.17, 15) is 17.6 Å². The van der Waals surface area contributed by atoms with E-state index in [4.69, 9.17) is 17.3 Å². The van der Waals surface area contributed by atoms with Gasteiger partial charge in [-0.15, -0.1) is 0 Å². The van der Waals surface area contributed by atoms with Crippen molar-refractivity contribution in [2.24, 2.45) is 10.7 Å². The summed E-state index contributed by atoms with van der Waals surface area (Å²) >= 11 is 6.04. The number of nitrogens with zero attached hydrogens (tertiary/aromatic N) is 4. The lowest BCUT2D eigenvalue weighted by molar-refractivity contribution is -0.166. The maximum Gasteiger partial charge on any atom is 0.403 e. The summed E-state index contributed by atoms with van der Waals surface area (Å²) in [6.45, 7) is 0. The van der Waals surface area contributed by atoms with Gasteiger partial charge in [-0.05, 0) is 53.6 Å². The summed E-state index contributed by atoms with van der Waals surface area (Å²) in [6, 6.07) is 11.3. The Kier molecular flexibility index (Phi) is 5.52. The Bertz CT molecular complexity index is 1500. The first-order chi connectivity index (χ1) is 16.7. The molecule has 0 aliphatic carbocycles. The molecular weight excluding hydrogens is 482 g/mol. The Balaban J connectivity index is 1.80. The van der Waals surface area contributed by atoms with E-state index in [0.717, 1.165) is 12.3 Å². The number of fused-ring (bicyclic) bond motifs is 1. The van der Waals surface area contributed by atoms with E-state index in [1.165, 1.54) is 48.9 Å². The highest BCUT2D eigenvalue weighted by atomic mass is 35.5. The molecule has 35 heavy (non-hydrogen) atoms. The Labute approximate surface area is 202 Å². The van der Waals surface area contributed by atoms with Crippen molar-refractivity contribution in [2.45, 2.75) is 18.0 Å². The molecule has 5 rings (SSSR count). The molecule has 0 spiro atoms. The normalized spacial score (nSPS) is 18.3. The van der Waals surface area contributed by atoms with Crippen LogP contribution >= 0.6 is 11.6 Å². The number of nitrogens with two attached hydrogens (primary N) is 1. The van der Waals surface area contributed by atoms with Gasteiger partial charge in [-0.1, -0.05) is 17.7 Å². The second-order valence-corrected chi connectivity index (χ2v) is 8.50. The zero-order valence-electron chi connectivity index (χ0n) is 17.9. The summed E-state index contributed by atoms with van der Waals surface area (Å²) in [5, 5.41) is 0.374. The maximum atomic E-state index is 15.0. The van der Waals surface area contributed by atoms with Gasteiger partial charge in [-0.2, -0.15) is 13.2 Å². The fourth-order valence-electron chi connectivity index (χ4n) is 4.21. The minimum Gasteiger partial charge on any atom is -0.383 e. The van der Waals surface area contributed by atoms with Crippen LogP contribution in [0.15, 0.2) is 77.9 Å². The number of benzene rings is 1. The second-order valence-electron chi connectivity index (χ2n) is 8.06. The van der Waals surface area contributed by atoms with E-state index in [0.29, 0.717) is 5.56 Å². The van der Waals surface area contributed by atoms with Crippen molar-refractivity contribution >= 4 is 34.4 Å². The van der Waals surface area contributed by atoms with E-state index in [2.05, 4.69) is 19.9 Å². The quantitative estimate of drug-likeness (QED) is 0.348. The largest absolute Gasteiger partial charge is 0.403 e. The molecular formula is C25H16ClF4N5. The zero-order chi connectivity index (χ0) is 24.8. The number of rotatable bonds is 3. The molecule has 4 aromatic rings. The number of pyridine rings is 3. The Morgan fingerprint density at radius 2 is 1.83 bits per heavy atom. The second kappa shape index (κ2) is 8.42. The first kappa shape index (κ1) is 22.9. The molecule has 0 fully saturated rings. The van der Waals surface area contributed by atoms with Gasteiger partial charge in [0.1, 0.15) is 17.1 Å². The average molecular weight is 498 g/mol. The van der Waals surface area contributed by atoms with Crippen LogP contribution in [0.3, 0.4) is 0 Å². The molecule has 10 heteroatoms. The SMILES string of the molecule is NC1=C(c2cccnc2)CC(c2cc(-c3cc(Cl)ccc3F)nc3ncccc23)(C(F)(F)F)C=N1. The average Bonchev–Trinajstić information content (AvgIpc) is 2.85. The van der Waals surface area contributed by atoms with Crippen LogP contribution in [0.2, 0.25) is 5.02 Å². The first-order valence-electron chi connectivity index (χ1n) is 10.4. The molecule has 1 aliphatic rings. The third-order valence-electron chi connectivity index (χ3n) is 5.97. The highest BCUT2D eigenvalue weighted by Crippen LogP contribution is 2.50. The molecule has 1 aromatic carbocycles. The van der Waals surface area contributed by atoms with Gasteiger partial charge >= 0.3 is 6.18 Å². The van der Waals surface area contributed by atoms with Gasteiger partial charge in [0.25, 0.3) is 0 Å². The van der Waals surface area contributed by atoms with Gasteiger partial charge in [0.15, 0.2) is 5.65 Å². The van der Waals surface area contributed by atoms with Crippen molar-refractivity contribution in [3.05, 3.63) is 94.9 Å². The van der Waals surface area contributed by atoms with Crippen molar-refractivity contribution in [1.82, 2.24) is 15.0 Å². The summed E-state index contributed by atoms with van der Waals surface area (Å²) in [5.41, 5.74) is 3.84. The molecule has 1 aliphatic heterocycles. The molecule has 3 aromatic heterocycles. The predicted octanol–water partition coefficient (Wildman–Crippen LogP) is 6.09. The highest BCUT2D eigenvalue weighted by Gasteiger charge is 2.57. The number of aromatic nitrogens is 3. The lowest BCUT2D eigenvalue weighted by Gasteiger charge is -2.37. The standard InChI is InChI=1S/C25H16ClF4N5/c26-15-5-6-20(27)17(9-15)21-10-19(16-4-2-8-33-23(16)35-21)24(25(28,29)30)11-18(22(31)34-13-24)14-3-1-7-32-12-14/h1-10,12-13H,11,31H2. The number of hydrogen-bond acceptors (Lipinski definition) is 5. The molecule has 0 saturated carbocycles. The summed E-state index contributed by atoms with van der Waals surface area (Å²) in [7, 11) is 0. The third kappa shape index (κ3) is 3.91. The molecule has 5 nitrogen and oxygen atoms in total. The van der Waals surface area contributed by atoms with Crippen molar-refractivity contribution in [3.8, 4) is 11.3 Å². The Hall–Kier alpha value is -3.85. The van der Waals surface area contributed by atoms with Gasteiger partial charge in [-0.25, -0.2) is 19.4 Å². The van der Waals surface area contributed by atoms with E-state index < -0.39 is 23.8 Å². The molecule has 0 saturated heterocycles. The Morgan fingerprint density at radius 3 is 2.57 bits per heavy atom. The lowest BCUT2D eigenvalue weighted by Crippen LogP contribution is -2.46.